The largest absolute Gasteiger partial charge is 0.365 e. The van der Waals surface area contributed by atoms with Gasteiger partial charge in [-0.25, -0.2) is 0 Å². The number of aryl methyl sites for hydroxylation is 1. The van der Waals surface area contributed by atoms with Crippen LogP contribution in [0.5, 0.6) is 0 Å². The Kier molecular flexibility index (Phi) is 3.67. The third-order valence-corrected chi connectivity index (χ3v) is 4.42. The number of piperidine rings is 1. The van der Waals surface area contributed by atoms with Crippen molar-refractivity contribution in [2.24, 2.45) is 12.8 Å². The van der Waals surface area contributed by atoms with E-state index in [0.29, 0.717) is 30.0 Å². The van der Waals surface area contributed by atoms with Crippen LogP contribution in [-0.4, -0.2) is 49.8 Å². The predicted molar refractivity (Wildman–Crippen MR) is 82.8 cm³/mol. The molecular formula is C15H20N6O2. The second-order valence-electron chi connectivity index (χ2n) is 6.29. The molecule has 1 saturated heterocycles. The van der Waals surface area contributed by atoms with E-state index >= 15 is 0 Å². The number of nitrogens with zero attached hydrogens (tertiary/aromatic N) is 4. The summed E-state index contributed by atoms with van der Waals surface area (Å²) >= 11 is 0. The highest BCUT2D eigenvalue weighted by atomic mass is 16.2. The van der Waals surface area contributed by atoms with E-state index in [9.17, 15) is 9.59 Å². The quantitative estimate of drug-likeness (QED) is 0.856. The molecule has 23 heavy (non-hydrogen) atoms. The van der Waals surface area contributed by atoms with E-state index in [1.165, 1.54) is 6.20 Å². The Hall–Kier alpha value is -2.64. The van der Waals surface area contributed by atoms with Crippen LogP contribution in [0, 0.1) is 0 Å². The molecule has 1 aliphatic rings. The second kappa shape index (κ2) is 5.53. The summed E-state index contributed by atoms with van der Waals surface area (Å²) in [4.78, 5) is 26.0. The summed E-state index contributed by atoms with van der Waals surface area (Å²) in [6, 6.07) is 1.71. The van der Waals surface area contributed by atoms with E-state index in [1.54, 1.807) is 28.9 Å². The fourth-order valence-corrected chi connectivity index (χ4v) is 3.24. The first-order valence-electron chi connectivity index (χ1n) is 7.53. The first kappa shape index (κ1) is 15.3. The Balaban J connectivity index is 1.86. The molecule has 0 aliphatic carbocycles. The van der Waals surface area contributed by atoms with Crippen molar-refractivity contribution in [1.82, 2.24) is 24.9 Å². The monoisotopic (exact) mass is 316 g/mol. The molecule has 0 spiro atoms. The number of carbonyl (C=O) groups excluding carboxylic acids is 2. The first-order chi connectivity index (χ1) is 10.9. The Morgan fingerprint density at radius 3 is 2.87 bits per heavy atom. The molecule has 0 saturated carbocycles. The summed E-state index contributed by atoms with van der Waals surface area (Å²) in [5.74, 6) is -0.611. The number of aromatic nitrogens is 4. The first-order valence-corrected chi connectivity index (χ1v) is 7.53. The summed E-state index contributed by atoms with van der Waals surface area (Å²) < 4.78 is 1.61. The van der Waals surface area contributed by atoms with Crippen LogP contribution in [0.4, 0.5) is 0 Å². The number of primary amides is 1. The zero-order valence-corrected chi connectivity index (χ0v) is 13.2. The SMILES string of the molecule is Cn1ccc(C(=O)N2CCC[C@@](C)(c3[nH]ncc3C(N)=O)C2)n1. The molecule has 0 radical (unpaired) electrons. The van der Waals surface area contributed by atoms with Crippen LogP contribution in [0.15, 0.2) is 18.5 Å². The lowest BCUT2D eigenvalue weighted by Crippen LogP contribution is -2.48. The van der Waals surface area contributed by atoms with E-state index in [2.05, 4.69) is 15.3 Å². The van der Waals surface area contributed by atoms with Crippen molar-refractivity contribution < 1.29 is 9.59 Å². The molecule has 0 aromatic carbocycles. The van der Waals surface area contributed by atoms with Gasteiger partial charge in [0.15, 0.2) is 0 Å². The number of nitrogens with one attached hydrogen (secondary N) is 1. The van der Waals surface area contributed by atoms with Gasteiger partial charge in [0.05, 0.1) is 17.5 Å². The topological polar surface area (TPSA) is 110 Å². The highest BCUT2D eigenvalue weighted by Crippen LogP contribution is 2.34. The van der Waals surface area contributed by atoms with Gasteiger partial charge in [-0.3, -0.25) is 19.4 Å². The molecule has 2 amide bonds. The Morgan fingerprint density at radius 2 is 2.22 bits per heavy atom. The van der Waals surface area contributed by atoms with Gasteiger partial charge in [-0.15, -0.1) is 0 Å². The number of amides is 2. The average molecular weight is 316 g/mol. The van der Waals surface area contributed by atoms with E-state index in [4.69, 9.17) is 5.73 Å². The maximum atomic E-state index is 12.6. The van der Waals surface area contributed by atoms with Crippen molar-refractivity contribution in [2.75, 3.05) is 13.1 Å². The van der Waals surface area contributed by atoms with Crippen molar-refractivity contribution in [3.05, 3.63) is 35.4 Å². The third-order valence-electron chi connectivity index (χ3n) is 4.42. The number of H-pyrrole nitrogens is 1. The van der Waals surface area contributed by atoms with Crippen LogP contribution in [0.2, 0.25) is 0 Å². The lowest BCUT2D eigenvalue weighted by atomic mass is 9.77. The van der Waals surface area contributed by atoms with E-state index < -0.39 is 5.91 Å². The number of nitrogens with two attached hydrogens (primary N) is 1. The van der Waals surface area contributed by atoms with Crippen molar-refractivity contribution in [1.29, 1.82) is 0 Å². The molecule has 1 fully saturated rings. The molecule has 1 atom stereocenters. The number of hydrogen-bond acceptors (Lipinski definition) is 4. The summed E-state index contributed by atoms with van der Waals surface area (Å²) in [6.07, 6.45) is 4.88. The lowest BCUT2D eigenvalue weighted by molar-refractivity contribution is 0.0640. The Bertz CT molecular complexity index is 749. The molecule has 2 aromatic rings. The van der Waals surface area contributed by atoms with Gasteiger partial charge in [0, 0.05) is 31.7 Å². The number of rotatable bonds is 3. The van der Waals surface area contributed by atoms with Crippen molar-refractivity contribution in [2.45, 2.75) is 25.2 Å². The molecular weight excluding hydrogens is 296 g/mol. The number of carbonyl (C=O) groups is 2. The van der Waals surface area contributed by atoms with Gasteiger partial charge in [0.1, 0.15) is 5.69 Å². The van der Waals surface area contributed by atoms with Gasteiger partial charge in [-0.05, 0) is 18.9 Å². The molecule has 122 valence electrons. The maximum absolute atomic E-state index is 12.6. The summed E-state index contributed by atoms with van der Waals surface area (Å²) in [6.45, 7) is 3.18. The zero-order chi connectivity index (χ0) is 16.6. The normalized spacial score (nSPS) is 21.4. The summed E-state index contributed by atoms with van der Waals surface area (Å²) in [5, 5.41) is 11.0. The van der Waals surface area contributed by atoms with Gasteiger partial charge < -0.3 is 10.6 Å². The Labute approximate surface area is 133 Å². The molecule has 3 N–H and O–H groups in total. The van der Waals surface area contributed by atoms with Crippen molar-refractivity contribution in [3.63, 3.8) is 0 Å². The van der Waals surface area contributed by atoms with Crippen molar-refractivity contribution >= 4 is 11.8 Å². The zero-order valence-electron chi connectivity index (χ0n) is 13.2. The van der Waals surface area contributed by atoms with Crippen LogP contribution in [0.1, 0.15) is 46.3 Å². The van der Waals surface area contributed by atoms with Crippen LogP contribution >= 0.6 is 0 Å². The molecule has 0 bridgehead atoms. The predicted octanol–water partition coefficient (Wildman–Crippen LogP) is 0.436. The number of aromatic amines is 1. The standard InChI is InChI=1S/C15H20N6O2/c1-15(12-10(13(16)22)8-17-18-12)5-3-6-21(9-15)14(23)11-4-7-20(2)19-11/h4,7-8H,3,5-6,9H2,1-2H3,(H2,16,22)(H,17,18)/t15-/m1/s1. The lowest BCUT2D eigenvalue weighted by Gasteiger charge is -2.40. The van der Waals surface area contributed by atoms with Crippen LogP contribution in [0.25, 0.3) is 0 Å². The van der Waals surface area contributed by atoms with Gasteiger partial charge in [0.25, 0.3) is 11.8 Å². The summed E-state index contributed by atoms with van der Waals surface area (Å²) in [5.41, 5.74) is 6.55. The smallest absolute Gasteiger partial charge is 0.274 e. The molecule has 2 aromatic heterocycles. The number of hydrogen-bond donors (Lipinski definition) is 2. The van der Waals surface area contributed by atoms with E-state index in [-0.39, 0.29) is 11.3 Å². The molecule has 8 nitrogen and oxygen atoms in total. The molecule has 3 heterocycles. The molecule has 1 aliphatic heterocycles. The van der Waals surface area contributed by atoms with Gasteiger partial charge in [0.2, 0.25) is 0 Å². The van der Waals surface area contributed by atoms with Crippen LogP contribution in [0.3, 0.4) is 0 Å². The van der Waals surface area contributed by atoms with Crippen LogP contribution in [-0.2, 0) is 12.5 Å². The van der Waals surface area contributed by atoms with Crippen molar-refractivity contribution in [3.8, 4) is 0 Å². The third kappa shape index (κ3) is 2.71. The second-order valence-corrected chi connectivity index (χ2v) is 6.29. The highest BCUT2D eigenvalue weighted by molar-refractivity contribution is 5.94. The summed E-state index contributed by atoms with van der Waals surface area (Å²) in [7, 11) is 1.78. The minimum Gasteiger partial charge on any atom is -0.365 e. The molecule has 3 rings (SSSR count). The molecule has 8 heteroatoms. The Morgan fingerprint density at radius 1 is 1.43 bits per heavy atom. The highest BCUT2D eigenvalue weighted by Gasteiger charge is 2.38. The fourth-order valence-electron chi connectivity index (χ4n) is 3.24. The average Bonchev–Trinajstić information content (AvgIpc) is 3.15. The minimum absolute atomic E-state index is 0.100. The molecule has 0 unspecified atom stereocenters. The van der Waals surface area contributed by atoms with Gasteiger partial charge in [-0.2, -0.15) is 10.2 Å². The van der Waals surface area contributed by atoms with Gasteiger partial charge >= 0.3 is 0 Å². The van der Waals surface area contributed by atoms with E-state index in [1.807, 2.05) is 6.92 Å². The van der Waals surface area contributed by atoms with Crippen LogP contribution < -0.4 is 5.73 Å². The number of likely N-dealkylation sites (tertiary alicyclic amines) is 1. The fraction of sp³-hybridized carbons (Fsp3) is 0.467. The van der Waals surface area contributed by atoms with E-state index in [0.717, 1.165) is 12.8 Å². The van der Waals surface area contributed by atoms with Gasteiger partial charge in [-0.1, -0.05) is 6.92 Å². The minimum atomic E-state index is -0.511. The maximum Gasteiger partial charge on any atom is 0.274 e.